The highest BCUT2D eigenvalue weighted by molar-refractivity contribution is 7.11. The molecule has 0 saturated heterocycles. The molecule has 1 aliphatic carbocycles. The van der Waals surface area contributed by atoms with E-state index in [2.05, 4.69) is 34.5 Å². The maximum atomic E-state index is 5.64. The molecule has 0 aromatic carbocycles. The van der Waals surface area contributed by atoms with Gasteiger partial charge in [0.15, 0.2) is 5.96 Å². The van der Waals surface area contributed by atoms with Crippen molar-refractivity contribution in [2.24, 2.45) is 10.9 Å². The quantitative estimate of drug-likeness (QED) is 0.416. The highest BCUT2D eigenvalue weighted by atomic mass is 32.1. The number of aromatic nitrogens is 1. The topological polar surface area (TPSA) is 58.5 Å². The summed E-state index contributed by atoms with van der Waals surface area (Å²) in [6, 6.07) is 0. The zero-order valence-electron chi connectivity index (χ0n) is 13.9. The van der Waals surface area contributed by atoms with E-state index < -0.39 is 0 Å². The van der Waals surface area contributed by atoms with Crippen molar-refractivity contribution >= 4 is 17.3 Å². The molecule has 5 nitrogen and oxygen atoms in total. The molecule has 2 N–H and O–H groups in total. The first-order chi connectivity index (χ1) is 10.7. The number of aliphatic imine (C=N–C) groups is 1. The van der Waals surface area contributed by atoms with Gasteiger partial charge in [0.25, 0.3) is 0 Å². The minimum atomic E-state index is 0.632. The third kappa shape index (κ3) is 6.32. The average Bonchev–Trinajstić information content (AvgIpc) is 3.26. The van der Waals surface area contributed by atoms with Gasteiger partial charge >= 0.3 is 0 Å². The molecule has 1 aromatic rings. The van der Waals surface area contributed by atoms with Crippen LogP contribution in [0.25, 0.3) is 0 Å². The van der Waals surface area contributed by atoms with Crippen molar-refractivity contribution in [3.05, 3.63) is 15.6 Å². The Bertz CT molecular complexity index is 463. The fourth-order valence-electron chi connectivity index (χ4n) is 2.01. The molecule has 1 aliphatic rings. The van der Waals surface area contributed by atoms with Crippen molar-refractivity contribution in [3.8, 4) is 0 Å². The van der Waals surface area contributed by atoms with Crippen LogP contribution in [0.3, 0.4) is 0 Å². The van der Waals surface area contributed by atoms with E-state index in [-0.39, 0.29) is 0 Å². The smallest absolute Gasteiger partial charge is 0.191 e. The standard InChI is InChI=1S/C16H28N4OS/c1-4-17-16(18-8-5-9-21-11-14-6-7-14)19-10-15-20-12(2)13(3)22-15/h14H,4-11H2,1-3H3,(H2,17,18,19). The van der Waals surface area contributed by atoms with Crippen molar-refractivity contribution in [1.82, 2.24) is 15.6 Å². The van der Waals surface area contributed by atoms with Crippen LogP contribution < -0.4 is 10.6 Å². The predicted octanol–water partition coefficient (Wildman–Crippen LogP) is 2.63. The molecule has 2 rings (SSSR count). The summed E-state index contributed by atoms with van der Waals surface area (Å²) in [4.78, 5) is 10.4. The summed E-state index contributed by atoms with van der Waals surface area (Å²) < 4.78 is 5.64. The van der Waals surface area contributed by atoms with Crippen molar-refractivity contribution in [3.63, 3.8) is 0 Å². The van der Waals surface area contributed by atoms with E-state index in [0.29, 0.717) is 6.54 Å². The zero-order valence-corrected chi connectivity index (χ0v) is 14.8. The van der Waals surface area contributed by atoms with E-state index >= 15 is 0 Å². The van der Waals surface area contributed by atoms with E-state index in [1.54, 1.807) is 11.3 Å². The first kappa shape index (κ1) is 17.2. The van der Waals surface area contributed by atoms with Gasteiger partial charge in [-0.25, -0.2) is 9.98 Å². The number of ether oxygens (including phenoxy) is 1. The van der Waals surface area contributed by atoms with Crippen LogP contribution in [-0.2, 0) is 11.3 Å². The highest BCUT2D eigenvalue weighted by Crippen LogP contribution is 2.28. The second-order valence-corrected chi connectivity index (χ2v) is 7.03. The summed E-state index contributed by atoms with van der Waals surface area (Å²) >= 11 is 1.72. The minimum absolute atomic E-state index is 0.632. The lowest BCUT2D eigenvalue weighted by molar-refractivity contribution is 0.123. The van der Waals surface area contributed by atoms with Crippen LogP contribution in [0, 0.1) is 19.8 Å². The number of aryl methyl sites for hydroxylation is 2. The second-order valence-electron chi connectivity index (χ2n) is 5.74. The molecular formula is C16H28N4OS. The van der Waals surface area contributed by atoms with Crippen LogP contribution in [0.5, 0.6) is 0 Å². The number of thiazole rings is 1. The maximum Gasteiger partial charge on any atom is 0.191 e. The Morgan fingerprint density at radius 2 is 2.18 bits per heavy atom. The molecule has 0 amide bonds. The Balaban J connectivity index is 1.67. The van der Waals surface area contributed by atoms with Crippen molar-refractivity contribution in [2.75, 3.05) is 26.3 Å². The fourth-order valence-corrected chi connectivity index (χ4v) is 2.87. The summed E-state index contributed by atoms with van der Waals surface area (Å²) in [6.07, 6.45) is 3.71. The van der Waals surface area contributed by atoms with Gasteiger partial charge in [-0.3, -0.25) is 0 Å². The lowest BCUT2D eigenvalue weighted by atomic mass is 10.4. The Morgan fingerprint density at radius 1 is 1.36 bits per heavy atom. The van der Waals surface area contributed by atoms with Crippen LogP contribution in [0.2, 0.25) is 0 Å². The third-order valence-electron chi connectivity index (χ3n) is 3.60. The van der Waals surface area contributed by atoms with Gasteiger partial charge in [-0.1, -0.05) is 0 Å². The van der Waals surface area contributed by atoms with Gasteiger partial charge in [0.1, 0.15) is 5.01 Å². The number of nitrogens with one attached hydrogen (secondary N) is 2. The van der Waals surface area contributed by atoms with Gasteiger partial charge < -0.3 is 15.4 Å². The largest absolute Gasteiger partial charge is 0.381 e. The zero-order chi connectivity index (χ0) is 15.8. The SMILES string of the molecule is CCNC(=NCc1nc(C)c(C)s1)NCCCOCC1CC1. The Labute approximate surface area is 137 Å². The van der Waals surface area contributed by atoms with Gasteiger partial charge in [0.2, 0.25) is 0 Å². The van der Waals surface area contributed by atoms with Crippen molar-refractivity contribution in [2.45, 2.75) is 46.6 Å². The molecular weight excluding hydrogens is 296 g/mol. The first-order valence-electron chi connectivity index (χ1n) is 8.22. The van der Waals surface area contributed by atoms with Crippen molar-refractivity contribution in [1.29, 1.82) is 0 Å². The van der Waals surface area contributed by atoms with Gasteiger partial charge in [-0.15, -0.1) is 11.3 Å². The van der Waals surface area contributed by atoms with Crippen LogP contribution in [-0.4, -0.2) is 37.2 Å². The number of guanidine groups is 1. The normalized spacial score (nSPS) is 15.1. The number of hydrogen-bond acceptors (Lipinski definition) is 4. The number of hydrogen-bond donors (Lipinski definition) is 2. The van der Waals surface area contributed by atoms with Gasteiger partial charge in [-0.05, 0) is 46.0 Å². The summed E-state index contributed by atoms with van der Waals surface area (Å²) in [5.41, 5.74) is 1.11. The van der Waals surface area contributed by atoms with Gasteiger partial charge in [0, 0.05) is 31.2 Å². The molecule has 1 aromatic heterocycles. The lowest BCUT2D eigenvalue weighted by Gasteiger charge is -2.11. The lowest BCUT2D eigenvalue weighted by Crippen LogP contribution is -2.38. The molecule has 0 unspecified atom stereocenters. The van der Waals surface area contributed by atoms with E-state index in [1.807, 2.05) is 6.92 Å². The van der Waals surface area contributed by atoms with Crippen LogP contribution in [0.15, 0.2) is 4.99 Å². The van der Waals surface area contributed by atoms with E-state index in [4.69, 9.17) is 4.74 Å². The Morgan fingerprint density at radius 3 is 2.82 bits per heavy atom. The van der Waals surface area contributed by atoms with Gasteiger partial charge in [-0.2, -0.15) is 0 Å². The molecule has 124 valence electrons. The Kier molecular flexibility index (Phi) is 7.12. The summed E-state index contributed by atoms with van der Waals surface area (Å²) in [7, 11) is 0. The third-order valence-corrected chi connectivity index (χ3v) is 4.66. The van der Waals surface area contributed by atoms with E-state index in [9.17, 15) is 0 Å². The predicted molar refractivity (Wildman–Crippen MR) is 92.6 cm³/mol. The molecule has 0 aliphatic heterocycles. The average molecular weight is 324 g/mol. The monoisotopic (exact) mass is 324 g/mol. The molecule has 0 bridgehead atoms. The van der Waals surface area contributed by atoms with Crippen LogP contribution in [0.1, 0.15) is 41.8 Å². The summed E-state index contributed by atoms with van der Waals surface area (Å²) in [6.45, 7) is 10.4. The van der Waals surface area contributed by atoms with Crippen molar-refractivity contribution < 1.29 is 4.74 Å². The molecule has 0 atom stereocenters. The molecule has 22 heavy (non-hydrogen) atoms. The summed E-state index contributed by atoms with van der Waals surface area (Å²) in [5, 5.41) is 7.69. The minimum Gasteiger partial charge on any atom is -0.381 e. The summed E-state index contributed by atoms with van der Waals surface area (Å²) in [5.74, 6) is 1.70. The van der Waals surface area contributed by atoms with E-state index in [1.165, 1.54) is 17.7 Å². The van der Waals surface area contributed by atoms with Crippen LogP contribution >= 0.6 is 11.3 Å². The fraction of sp³-hybridized carbons (Fsp3) is 0.750. The Hall–Kier alpha value is -1.14. The molecule has 1 fully saturated rings. The van der Waals surface area contributed by atoms with Gasteiger partial charge in [0.05, 0.1) is 12.2 Å². The molecule has 0 radical (unpaired) electrons. The first-order valence-corrected chi connectivity index (χ1v) is 9.03. The second kappa shape index (κ2) is 9.10. The van der Waals surface area contributed by atoms with E-state index in [0.717, 1.165) is 55.3 Å². The highest BCUT2D eigenvalue weighted by Gasteiger charge is 2.20. The molecule has 0 spiro atoms. The molecule has 1 saturated carbocycles. The number of rotatable bonds is 9. The number of nitrogens with zero attached hydrogens (tertiary/aromatic N) is 2. The van der Waals surface area contributed by atoms with Crippen LogP contribution in [0.4, 0.5) is 0 Å². The molecule has 6 heteroatoms. The molecule has 1 heterocycles. The maximum absolute atomic E-state index is 5.64.